The predicted octanol–water partition coefficient (Wildman–Crippen LogP) is 3.61. The summed E-state index contributed by atoms with van der Waals surface area (Å²) >= 11 is 0. The number of esters is 1. The van der Waals surface area contributed by atoms with Gasteiger partial charge >= 0.3 is 5.97 Å². The van der Waals surface area contributed by atoms with E-state index in [1.165, 1.54) is 18.4 Å². The molecule has 0 radical (unpaired) electrons. The number of nitrogens with one attached hydrogen (secondary N) is 1. The van der Waals surface area contributed by atoms with E-state index >= 15 is 0 Å². The highest BCUT2D eigenvalue weighted by Gasteiger charge is 2.23. The smallest absolute Gasteiger partial charge is 0.307 e. The molecule has 1 aromatic carbocycles. The fourth-order valence-corrected chi connectivity index (χ4v) is 2.45. The van der Waals surface area contributed by atoms with Crippen molar-refractivity contribution in [2.45, 2.75) is 59.0 Å². The van der Waals surface area contributed by atoms with Gasteiger partial charge in [-0.05, 0) is 63.6 Å². The van der Waals surface area contributed by atoms with E-state index in [9.17, 15) is 4.79 Å². The number of rotatable bonds is 9. The summed E-state index contributed by atoms with van der Waals surface area (Å²) < 4.78 is 10.9. The summed E-state index contributed by atoms with van der Waals surface area (Å²) in [4.78, 5) is 11.6. The molecular formula is C19H29NO3. The van der Waals surface area contributed by atoms with Crippen molar-refractivity contribution in [2.75, 3.05) is 13.2 Å². The quantitative estimate of drug-likeness (QED) is 0.706. The molecule has 2 rings (SSSR count). The third kappa shape index (κ3) is 6.22. The summed E-state index contributed by atoms with van der Waals surface area (Å²) in [6.07, 6.45) is 2.97. The molecule has 1 fully saturated rings. The Labute approximate surface area is 139 Å². The second-order valence-corrected chi connectivity index (χ2v) is 7.07. The molecule has 1 N–H and O–H groups in total. The van der Waals surface area contributed by atoms with E-state index in [1.54, 1.807) is 0 Å². The highest BCUT2D eigenvalue weighted by atomic mass is 16.5. The zero-order valence-corrected chi connectivity index (χ0v) is 14.8. The van der Waals surface area contributed by atoms with Gasteiger partial charge in [-0.2, -0.15) is 0 Å². The average molecular weight is 319 g/mol. The third-order valence-electron chi connectivity index (χ3n) is 4.07. The largest absolute Gasteiger partial charge is 0.493 e. The van der Waals surface area contributed by atoms with Gasteiger partial charge in [0, 0.05) is 12.1 Å². The van der Waals surface area contributed by atoms with E-state index in [4.69, 9.17) is 9.47 Å². The van der Waals surface area contributed by atoms with Gasteiger partial charge in [0.15, 0.2) is 0 Å². The van der Waals surface area contributed by atoms with E-state index in [-0.39, 0.29) is 11.5 Å². The van der Waals surface area contributed by atoms with Crippen LogP contribution in [-0.2, 0) is 16.1 Å². The standard InChI is InChI=1S/C19H29NO3/c1-5-22-18(21)11-19(3,4)20-12-16-8-9-17(14(2)10-16)23-13-15-6-7-15/h8-10,15,20H,5-7,11-13H2,1-4H3. The summed E-state index contributed by atoms with van der Waals surface area (Å²) in [6, 6.07) is 6.28. The maximum absolute atomic E-state index is 11.6. The molecule has 128 valence electrons. The van der Waals surface area contributed by atoms with E-state index in [1.807, 2.05) is 26.8 Å². The molecule has 0 unspecified atom stereocenters. The van der Waals surface area contributed by atoms with Gasteiger partial charge in [-0.15, -0.1) is 0 Å². The summed E-state index contributed by atoms with van der Waals surface area (Å²) in [5, 5.41) is 3.43. The van der Waals surface area contributed by atoms with Crippen LogP contribution >= 0.6 is 0 Å². The van der Waals surface area contributed by atoms with Crippen LogP contribution in [-0.4, -0.2) is 24.7 Å². The number of carbonyl (C=O) groups excluding carboxylic acids is 1. The molecule has 0 bridgehead atoms. The summed E-state index contributed by atoms with van der Waals surface area (Å²) in [5.41, 5.74) is 2.06. The SMILES string of the molecule is CCOC(=O)CC(C)(C)NCc1ccc(OCC2CC2)c(C)c1. The first-order valence-electron chi connectivity index (χ1n) is 8.52. The van der Waals surface area contributed by atoms with Crippen LogP contribution in [0.5, 0.6) is 5.75 Å². The Morgan fingerprint density at radius 1 is 1.35 bits per heavy atom. The first-order valence-corrected chi connectivity index (χ1v) is 8.52. The molecule has 0 saturated heterocycles. The number of hydrogen-bond donors (Lipinski definition) is 1. The van der Waals surface area contributed by atoms with Gasteiger partial charge in [0.05, 0.1) is 19.6 Å². The van der Waals surface area contributed by atoms with Crippen molar-refractivity contribution < 1.29 is 14.3 Å². The molecule has 0 aromatic heterocycles. The van der Waals surface area contributed by atoms with Crippen molar-refractivity contribution in [1.29, 1.82) is 0 Å². The van der Waals surface area contributed by atoms with Crippen molar-refractivity contribution in [1.82, 2.24) is 5.32 Å². The van der Waals surface area contributed by atoms with Crippen molar-refractivity contribution in [3.8, 4) is 5.75 Å². The average Bonchev–Trinajstić information content (AvgIpc) is 3.28. The number of hydrogen-bond acceptors (Lipinski definition) is 4. The zero-order valence-electron chi connectivity index (χ0n) is 14.8. The lowest BCUT2D eigenvalue weighted by Gasteiger charge is -2.25. The van der Waals surface area contributed by atoms with Crippen molar-refractivity contribution >= 4 is 5.97 Å². The van der Waals surface area contributed by atoms with E-state index < -0.39 is 0 Å². The Morgan fingerprint density at radius 2 is 2.09 bits per heavy atom. The minimum absolute atomic E-state index is 0.162. The molecular weight excluding hydrogens is 290 g/mol. The molecule has 4 heteroatoms. The Bertz CT molecular complexity index is 535. The maximum atomic E-state index is 11.6. The number of aryl methyl sites for hydroxylation is 1. The molecule has 1 aliphatic rings. The molecule has 0 aliphatic heterocycles. The summed E-state index contributed by atoms with van der Waals surface area (Å²) in [5.74, 6) is 1.58. The highest BCUT2D eigenvalue weighted by molar-refractivity contribution is 5.70. The Hall–Kier alpha value is -1.55. The maximum Gasteiger partial charge on any atom is 0.307 e. The van der Waals surface area contributed by atoms with Gasteiger partial charge in [-0.25, -0.2) is 0 Å². The van der Waals surface area contributed by atoms with Crippen LogP contribution in [0.1, 0.15) is 51.2 Å². The molecule has 1 saturated carbocycles. The first kappa shape index (κ1) is 17.8. The van der Waals surface area contributed by atoms with Gasteiger partial charge < -0.3 is 14.8 Å². The van der Waals surface area contributed by atoms with Crippen molar-refractivity contribution in [3.05, 3.63) is 29.3 Å². The van der Waals surface area contributed by atoms with Crippen LogP contribution in [0.25, 0.3) is 0 Å². The van der Waals surface area contributed by atoms with Crippen molar-refractivity contribution in [2.24, 2.45) is 5.92 Å². The third-order valence-corrected chi connectivity index (χ3v) is 4.07. The second-order valence-electron chi connectivity index (χ2n) is 7.07. The van der Waals surface area contributed by atoms with Gasteiger partial charge in [-0.3, -0.25) is 4.79 Å². The molecule has 0 amide bonds. The minimum atomic E-state index is -0.290. The topological polar surface area (TPSA) is 47.6 Å². The Balaban J connectivity index is 1.84. The lowest BCUT2D eigenvalue weighted by Crippen LogP contribution is -2.41. The molecule has 4 nitrogen and oxygen atoms in total. The lowest BCUT2D eigenvalue weighted by atomic mass is 10.00. The van der Waals surface area contributed by atoms with E-state index in [2.05, 4.69) is 24.4 Å². The molecule has 23 heavy (non-hydrogen) atoms. The fourth-order valence-electron chi connectivity index (χ4n) is 2.45. The number of carbonyl (C=O) groups is 1. The summed E-state index contributed by atoms with van der Waals surface area (Å²) in [7, 11) is 0. The van der Waals surface area contributed by atoms with Crippen LogP contribution in [0.3, 0.4) is 0 Å². The number of benzene rings is 1. The van der Waals surface area contributed by atoms with Gasteiger partial charge in [0.2, 0.25) is 0 Å². The number of ether oxygens (including phenoxy) is 2. The van der Waals surface area contributed by atoms with Crippen LogP contribution < -0.4 is 10.1 Å². The van der Waals surface area contributed by atoms with Gasteiger partial charge in [0.25, 0.3) is 0 Å². The monoisotopic (exact) mass is 319 g/mol. The Morgan fingerprint density at radius 3 is 2.70 bits per heavy atom. The molecule has 0 spiro atoms. The van der Waals surface area contributed by atoms with E-state index in [0.29, 0.717) is 13.0 Å². The zero-order chi connectivity index (χ0) is 16.9. The fraction of sp³-hybridized carbons (Fsp3) is 0.632. The van der Waals surface area contributed by atoms with Crippen LogP contribution in [0.15, 0.2) is 18.2 Å². The van der Waals surface area contributed by atoms with Gasteiger partial charge in [-0.1, -0.05) is 12.1 Å². The molecule has 0 atom stereocenters. The molecule has 1 aromatic rings. The second kappa shape index (κ2) is 7.82. The Kier molecular flexibility index (Phi) is 6.05. The highest BCUT2D eigenvalue weighted by Crippen LogP contribution is 2.30. The molecule has 1 aliphatic carbocycles. The lowest BCUT2D eigenvalue weighted by molar-refractivity contribution is -0.144. The van der Waals surface area contributed by atoms with Crippen LogP contribution in [0.4, 0.5) is 0 Å². The summed E-state index contributed by atoms with van der Waals surface area (Å²) in [6.45, 7) is 9.93. The van der Waals surface area contributed by atoms with Crippen molar-refractivity contribution in [3.63, 3.8) is 0 Å². The first-order chi connectivity index (χ1) is 10.9. The van der Waals surface area contributed by atoms with E-state index in [0.717, 1.165) is 30.4 Å². The molecule has 0 heterocycles. The normalized spacial score (nSPS) is 14.6. The minimum Gasteiger partial charge on any atom is -0.493 e. The van der Waals surface area contributed by atoms with Crippen LogP contribution in [0.2, 0.25) is 0 Å². The predicted molar refractivity (Wildman–Crippen MR) is 91.6 cm³/mol. The van der Waals surface area contributed by atoms with Gasteiger partial charge in [0.1, 0.15) is 5.75 Å². The van der Waals surface area contributed by atoms with Crippen LogP contribution in [0, 0.1) is 12.8 Å².